The molecule has 0 radical (unpaired) electrons. The number of nitro benzene ring substituents is 1. The molecule has 0 unspecified atom stereocenters. The van der Waals surface area contributed by atoms with Crippen LogP contribution in [0.5, 0.6) is 0 Å². The largest absolute Gasteiger partial charge is 0.444 e. The quantitative estimate of drug-likeness (QED) is 0.687. The van der Waals surface area contributed by atoms with Crippen LogP contribution in [0.4, 0.5) is 18.9 Å². The van der Waals surface area contributed by atoms with Crippen molar-refractivity contribution < 1.29 is 27.3 Å². The maximum atomic E-state index is 12.6. The summed E-state index contributed by atoms with van der Waals surface area (Å²) in [5.74, 6) is -0.221. The lowest BCUT2D eigenvalue weighted by Crippen LogP contribution is -2.24. The van der Waals surface area contributed by atoms with Gasteiger partial charge in [-0.2, -0.15) is 13.2 Å². The summed E-state index contributed by atoms with van der Waals surface area (Å²) in [6, 6.07) is 1.69. The SMILES string of the molecule is Cc1cnc(CNC(=O)c2ccc(C(F)(F)F)cc2[N+](=O)[O-])o1. The molecule has 2 aromatic rings. The first-order chi connectivity index (χ1) is 10.7. The number of carbonyl (C=O) groups is 1. The van der Waals surface area contributed by atoms with Crippen LogP contribution in [0.15, 0.2) is 28.8 Å². The first-order valence-electron chi connectivity index (χ1n) is 6.23. The Morgan fingerprint density at radius 3 is 2.65 bits per heavy atom. The van der Waals surface area contributed by atoms with Gasteiger partial charge in [0.2, 0.25) is 5.89 Å². The van der Waals surface area contributed by atoms with E-state index in [1.807, 2.05) is 0 Å². The zero-order chi connectivity index (χ0) is 17.2. The van der Waals surface area contributed by atoms with Crippen LogP contribution >= 0.6 is 0 Å². The van der Waals surface area contributed by atoms with Crippen LogP contribution in [0.1, 0.15) is 27.6 Å². The number of hydrogen-bond acceptors (Lipinski definition) is 5. The molecule has 0 saturated carbocycles. The zero-order valence-corrected chi connectivity index (χ0v) is 11.7. The number of hydrogen-bond donors (Lipinski definition) is 1. The van der Waals surface area contributed by atoms with E-state index in [0.717, 1.165) is 6.07 Å². The summed E-state index contributed by atoms with van der Waals surface area (Å²) >= 11 is 0. The van der Waals surface area contributed by atoms with Crippen LogP contribution in [-0.4, -0.2) is 15.8 Å². The molecule has 0 spiro atoms. The van der Waals surface area contributed by atoms with Crippen molar-refractivity contribution in [3.8, 4) is 0 Å². The maximum absolute atomic E-state index is 12.6. The molecule has 10 heteroatoms. The number of benzene rings is 1. The van der Waals surface area contributed by atoms with Gasteiger partial charge in [0, 0.05) is 6.07 Å². The third-order valence-corrected chi connectivity index (χ3v) is 2.84. The molecule has 0 atom stereocenters. The monoisotopic (exact) mass is 329 g/mol. The number of amides is 1. The Bertz CT molecular complexity index is 755. The van der Waals surface area contributed by atoms with Crippen molar-refractivity contribution in [2.75, 3.05) is 0 Å². The summed E-state index contributed by atoms with van der Waals surface area (Å²) in [5.41, 5.74) is -2.61. The molecule has 0 fully saturated rings. The summed E-state index contributed by atoms with van der Waals surface area (Å²) in [6.07, 6.45) is -3.32. The second-order valence-electron chi connectivity index (χ2n) is 4.53. The van der Waals surface area contributed by atoms with Crippen molar-refractivity contribution in [3.63, 3.8) is 0 Å². The lowest BCUT2D eigenvalue weighted by atomic mass is 10.1. The highest BCUT2D eigenvalue weighted by molar-refractivity contribution is 5.98. The van der Waals surface area contributed by atoms with Crippen LogP contribution in [0, 0.1) is 17.0 Å². The number of nitrogens with zero attached hydrogens (tertiary/aromatic N) is 2. The Morgan fingerprint density at radius 1 is 1.43 bits per heavy atom. The van der Waals surface area contributed by atoms with Crippen molar-refractivity contribution >= 4 is 11.6 Å². The Kier molecular flexibility index (Phi) is 4.34. The number of aryl methyl sites for hydroxylation is 1. The minimum atomic E-state index is -4.74. The Balaban J connectivity index is 2.23. The predicted molar refractivity (Wildman–Crippen MR) is 70.5 cm³/mol. The lowest BCUT2D eigenvalue weighted by molar-refractivity contribution is -0.385. The van der Waals surface area contributed by atoms with Crippen molar-refractivity contribution in [2.24, 2.45) is 0 Å². The van der Waals surface area contributed by atoms with Crippen LogP contribution in [0.2, 0.25) is 0 Å². The lowest BCUT2D eigenvalue weighted by Gasteiger charge is -2.08. The number of rotatable bonds is 4. The number of nitro groups is 1. The minimum Gasteiger partial charge on any atom is -0.444 e. The molecule has 23 heavy (non-hydrogen) atoms. The first kappa shape index (κ1) is 16.5. The Labute approximate surface area is 127 Å². The molecule has 1 aromatic carbocycles. The molecule has 122 valence electrons. The highest BCUT2D eigenvalue weighted by atomic mass is 19.4. The number of oxazole rings is 1. The molecule has 0 aliphatic rings. The highest BCUT2D eigenvalue weighted by Crippen LogP contribution is 2.33. The summed E-state index contributed by atoms with van der Waals surface area (Å²) < 4.78 is 42.9. The van der Waals surface area contributed by atoms with Crippen molar-refractivity contribution in [1.29, 1.82) is 0 Å². The van der Waals surface area contributed by atoms with E-state index in [0.29, 0.717) is 17.9 Å². The van der Waals surface area contributed by atoms with E-state index in [-0.39, 0.29) is 12.4 Å². The van der Waals surface area contributed by atoms with E-state index in [1.165, 1.54) is 6.20 Å². The van der Waals surface area contributed by atoms with Crippen molar-refractivity contribution in [3.05, 3.63) is 57.3 Å². The van der Waals surface area contributed by atoms with Gasteiger partial charge in [-0.25, -0.2) is 4.98 Å². The average molecular weight is 329 g/mol. The minimum absolute atomic E-state index is 0.148. The van der Waals surface area contributed by atoms with Gasteiger partial charge in [0.15, 0.2) is 0 Å². The van der Waals surface area contributed by atoms with E-state index in [2.05, 4.69) is 10.3 Å². The molecular formula is C13H10F3N3O4. The van der Waals surface area contributed by atoms with Crippen LogP contribution < -0.4 is 5.32 Å². The van der Waals surface area contributed by atoms with E-state index in [1.54, 1.807) is 6.92 Å². The van der Waals surface area contributed by atoms with E-state index in [4.69, 9.17) is 4.42 Å². The molecular weight excluding hydrogens is 319 g/mol. The van der Waals surface area contributed by atoms with Gasteiger partial charge in [0.25, 0.3) is 11.6 Å². The van der Waals surface area contributed by atoms with Crippen molar-refractivity contribution in [1.82, 2.24) is 10.3 Å². The highest BCUT2D eigenvalue weighted by Gasteiger charge is 2.34. The van der Waals surface area contributed by atoms with Gasteiger partial charge < -0.3 is 9.73 Å². The van der Waals surface area contributed by atoms with Gasteiger partial charge in [-0.1, -0.05) is 0 Å². The maximum Gasteiger partial charge on any atom is 0.416 e. The summed E-state index contributed by atoms with van der Waals surface area (Å²) in [6.45, 7) is 1.49. The Hall–Kier alpha value is -2.91. The Morgan fingerprint density at radius 2 is 2.13 bits per heavy atom. The third kappa shape index (κ3) is 3.84. The van der Waals surface area contributed by atoms with Gasteiger partial charge in [-0.15, -0.1) is 0 Å². The molecule has 1 aromatic heterocycles. The summed E-state index contributed by atoms with van der Waals surface area (Å²) in [5, 5.41) is 13.2. The molecule has 0 aliphatic heterocycles. The standard InChI is InChI=1S/C13H10F3N3O4/c1-7-5-17-11(23-7)6-18-12(20)9-3-2-8(13(14,15)16)4-10(9)19(21)22/h2-5H,6H2,1H3,(H,18,20). The smallest absolute Gasteiger partial charge is 0.416 e. The number of nitrogens with one attached hydrogen (secondary N) is 1. The first-order valence-corrected chi connectivity index (χ1v) is 6.23. The van der Waals surface area contributed by atoms with Gasteiger partial charge in [0.05, 0.1) is 23.2 Å². The van der Waals surface area contributed by atoms with Gasteiger partial charge in [-0.05, 0) is 19.1 Å². The molecule has 1 heterocycles. The fraction of sp³-hybridized carbons (Fsp3) is 0.231. The van der Waals surface area contributed by atoms with Gasteiger partial charge >= 0.3 is 6.18 Å². The molecule has 1 N–H and O–H groups in total. The molecule has 0 aliphatic carbocycles. The number of aromatic nitrogens is 1. The molecule has 2 rings (SSSR count). The van der Waals surface area contributed by atoms with E-state index in [9.17, 15) is 28.1 Å². The number of alkyl halides is 3. The normalized spacial score (nSPS) is 11.3. The molecule has 0 saturated heterocycles. The number of halogens is 3. The fourth-order valence-corrected chi connectivity index (χ4v) is 1.79. The molecule has 7 nitrogen and oxygen atoms in total. The third-order valence-electron chi connectivity index (χ3n) is 2.84. The van der Waals surface area contributed by atoms with Crippen LogP contribution in [-0.2, 0) is 12.7 Å². The zero-order valence-electron chi connectivity index (χ0n) is 11.7. The van der Waals surface area contributed by atoms with Crippen LogP contribution in [0.3, 0.4) is 0 Å². The second-order valence-corrected chi connectivity index (χ2v) is 4.53. The number of carbonyl (C=O) groups excluding carboxylic acids is 1. The van der Waals surface area contributed by atoms with Gasteiger partial charge in [0.1, 0.15) is 11.3 Å². The van der Waals surface area contributed by atoms with Crippen LogP contribution in [0.25, 0.3) is 0 Å². The molecule has 1 amide bonds. The van der Waals surface area contributed by atoms with E-state index < -0.39 is 33.8 Å². The summed E-state index contributed by atoms with van der Waals surface area (Å²) in [4.78, 5) is 25.6. The molecule has 0 bridgehead atoms. The summed E-state index contributed by atoms with van der Waals surface area (Å²) in [7, 11) is 0. The van der Waals surface area contributed by atoms with E-state index >= 15 is 0 Å². The predicted octanol–water partition coefficient (Wildman–Crippen LogP) is 2.84. The average Bonchev–Trinajstić information content (AvgIpc) is 2.88. The van der Waals surface area contributed by atoms with Gasteiger partial charge in [-0.3, -0.25) is 14.9 Å². The van der Waals surface area contributed by atoms with Crippen molar-refractivity contribution in [2.45, 2.75) is 19.6 Å². The second kappa shape index (κ2) is 6.07. The fourth-order valence-electron chi connectivity index (χ4n) is 1.79. The topological polar surface area (TPSA) is 98.3 Å².